The van der Waals surface area contributed by atoms with E-state index in [2.05, 4.69) is 27.8 Å². The topological polar surface area (TPSA) is 59.4 Å². The third-order valence-corrected chi connectivity index (χ3v) is 6.17. The number of rotatable bonds is 9. The maximum Gasteiger partial charge on any atom is 0.262 e. The molecule has 0 bridgehead atoms. The number of imidazole rings is 1. The minimum atomic E-state index is -0.233. The van der Waals surface area contributed by atoms with E-state index >= 15 is 0 Å². The Bertz CT molecular complexity index is 1060. The highest BCUT2D eigenvalue weighted by molar-refractivity contribution is 6.32. The summed E-state index contributed by atoms with van der Waals surface area (Å²) in [5.41, 5.74) is 2.75. The zero-order valence-electron chi connectivity index (χ0n) is 18.6. The molecule has 0 saturated carbocycles. The average Bonchev–Trinajstić information content (AvgIpc) is 3.13. The largest absolute Gasteiger partial charge is 0.482 e. The van der Waals surface area contributed by atoms with Crippen LogP contribution in [0.15, 0.2) is 42.5 Å². The number of aryl methyl sites for hydroxylation is 1. The molecule has 1 N–H and O–H groups in total. The van der Waals surface area contributed by atoms with Gasteiger partial charge in [0.2, 0.25) is 0 Å². The molecule has 1 aliphatic heterocycles. The van der Waals surface area contributed by atoms with Gasteiger partial charge in [-0.15, -0.1) is 0 Å². The number of halogens is 1. The van der Waals surface area contributed by atoms with Crippen LogP contribution in [0, 0.1) is 0 Å². The summed E-state index contributed by atoms with van der Waals surface area (Å²) >= 11 is 6.09. The van der Waals surface area contributed by atoms with Crippen LogP contribution in [0.3, 0.4) is 0 Å². The molecule has 1 amide bonds. The number of hydrogen-bond donors (Lipinski definition) is 1. The van der Waals surface area contributed by atoms with Gasteiger partial charge in [0.25, 0.3) is 5.91 Å². The lowest BCUT2D eigenvalue weighted by Crippen LogP contribution is -2.30. The second-order valence-corrected chi connectivity index (χ2v) is 8.75. The van der Waals surface area contributed by atoms with Crippen LogP contribution in [-0.2, 0) is 17.9 Å². The number of ether oxygens (including phenoxy) is 1. The smallest absolute Gasteiger partial charge is 0.262 e. The van der Waals surface area contributed by atoms with Gasteiger partial charge < -0.3 is 14.6 Å². The van der Waals surface area contributed by atoms with E-state index in [1.165, 1.54) is 19.3 Å². The molecule has 0 radical (unpaired) electrons. The molecular weight excluding hydrogens is 424 g/mol. The van der Waals surface area contributed by atoms with E-state index in [1.807, 2.05) is 24.3 Å². The quantitative estimate of drug-likeness (QED) is 0.464. The first kappa shape index (κ1) is 22.6. The summed E-state index contributed by atoms with van der Waals surface area (Å²) in [6.07, 6.45) is 6.12. The summed E-state index contributed by atoms with van der Waals surface area (Å²) in [6, 6.07) is 13.1. The van der Waals surface area contributed by atoms with Crippen molar-refractivity contribution in [3.63, 3.8) is 0 Å². The van der Waals surface area contributed by atoms with Gasteiger partial charge in [-0.05, 0) is 62.7 Å². The molecule has 1 aliphatic rings. The number of piperidine rings is 1. The van der Waals surface area contributed by atoms with Gasteiger partial charge in [0.05, 0.1) is 22.6 Å². The number of fused-ring (bicyclic) bond motifs is 1. The molecular formula is C25H31ClN4O2. The van der Waals surface area contributed by atoms with Gasteiger partial charge in [-0.2, -0.15) is 0 Å². The van der Waals surface area contributed by atoms with E-state index in [0.717, 1.165) is 61.6 Å². The monoisotopic (exact) mass is 454 g/mol. The average molecular weight is 455 g/mol. The first-order valence-electron chi connectivity index (χ1n) is 11.5. The lowest BCUT2D eigenvalue weighted by Gasteiger charge is -2.26. The summed E-state index contributed by atoms with van der Waals surface area (Å²) in [7, 11) is 0. The third-order valence-electron chi connectivity index (χ3n) is 5.86. The normalized spacial score (nSPS) is 14.6. The number of benzene rings is 2. The molecule has 0 unspecified atom stereocenters. The van der Waals surface area contributed by atoms with Crippen molar-refractivity contribution < 1.29 is 9.53 Å². The molecule has 0 atom stereocenters. The van der Waals surface area contributed by atoms with E-state index in [1.54, 1.807) is 12.1 Å². The third kappa shape index (κ3) is 5.61. The van der Waals surface area contributed by atoms with Crippen LogP contribution < -0.4 is 10.1 Å². The van der Waals surface area contributed by atoms with Crippen LogP contribution in [-0.4, -0.2) is 40.1 Å². The molecule has 32 heavy (non-hydrogen) atoms. The fraction of sp³-hybridized carbons (Fsp3) is 0.440. The zero-order valence-corrected chi connectivity index (χ0v) is 19.4. The number of para-hydroxylation sites is 1. The van der Waals surface area contributed by atoms with Crippen molar-refractivity contribution in [2.45, 2.75) is 52.1 Å². The number of aromatic nitrogens is 2. The van der Waals surface area contributed by atoms with E-state index in [0.29, 0.717) is 10.8 Å². The Kier molecular flexibility index (Phi) is 7.66. The summed E-state index contributed by atoms with van der Waals surface area (Å²) in [6.45, 7) is 6.24. The van der Waals surface area contributed by atoms with Crippen LogP contribution in [0.25, 0.3) is 11.0 Å². The predicted octanol–water partition coefficient (Wildman–Crippen LogP) is 5.49. The number of nitrogens with zero attached hydrogens (tertiary/aromatic N) is 3. The summed E-state index contributed by atoms with van der Waals surface area (Å²) in [4.78, 5) is 19.9. The Morgan fingerprint density at radius 3 is 2.75 bits per heavy atom. The number of unbranched alkanes of at least 4 members (excludes halogenated alkanes) is 1. The summed E-state index contributed by atoms with van der Waals surface area (Å²) in [5, 5.41) is 3.40. The maximum atomic E-state index is 12.4. The molecule has 1 aromatic heterocycles. The van der Waals surface area contributed by atoms with Crippen LogP contribution in [0.4, 0.5) is 5.69 Å². The van der Waals surface area contributed by atoms with E-state index in [-0.39, 0.29) is 12.5 Å². The Morgan fingerprint density at radius 2 is 1.97 bits per heavy atom. The van der Waals surface area contributed by atoms with Gasteiger partial charge in [-0.1, -0.05) is 43.5 Å². The Morgan fingerprint density at radius 1 is 1.16 bits per heavy atom. The van der Waals surface area contributed by atoms with Crippen molar-refractivity contribution in [1.82, 2.24) is 14.5 Å². The molecule has 1 saturated heterocycles. The van der Waals surface area contributed by atoms with Gasteiger partial charge in [-0.25, -0.2) is 4.98 Å². The molecule has 3 aromatic rings. The highest BCUT2D eigenvalue weighted by atomic mass is 35.5. The second-order valence-electron chi connectivity index (χ2n) is 8.34. The SMILES string of the molecule is CCCCn1c(CN2CCCCC2)nc2cc(NC(=O)COc3ccccc3Cl)ccc21. The number of anilines is 1. The number of nitrogens with one attached hydrogen (secondary N) is 1. The predicted molar refractivity (Wildman–Crippen MR) is 129 cm³/mol. The fourth-order valence-corrected chi connectivity index (χ4v) is 4.35. The zero-order chi connectivity index (χ0) is 22.3. The van der Waals surface area contributed by atoms with Crippen molar-refractivity contribution in [2.24, 2.45) is 0 Å². The van der Waals surface area contributed by atoms with Crippen LogP contribution in [0.1, 0.15) is 44.9 Å². The van der Waals surface area contributed by atoms with Crippen molar-refractivity contribution in [1.29, 1.82) is 0 Å². The van der Waals surface area contributed by atoms with Gasteiger partial charge in [0, 0.05) is 12.2 Å². The van der Waals surface area contributed by atoms with Crippen LogP contribution in [0.2, 0.25) is 5.02 Å². The highest BCUT2D eigenvalue weighted by Gasteiger charge is 2.17. The molecule has 0 spiro atoms. The van der Waals surface area contributed by atoms with Crippen molar-refractivity contribution in [3.8, 4) is 5.75 Å². The minimum absolute atomic E-state index is 0.104. The number of hydrogen-bond acceptors (Lipinski definition) is 4. The van der Waals surface area contributed by atoms with Crippen molar-refractivity contribution in [3.05, 3.63) is 53.3 Å². The highest BCUT2D eigenvalue weighted by Crippen LogP contribution is 2.25. The lowest BCUT2D eigenvalue weighted by atomic mass is 10.1. The van der Waals surface area contributed by atoms with Gasteiger partial charge >= 0.3 is 0 Å². The second kappa shape index (κ2) is 10.8. The summed E-state index contributed by atoms with van der Waals surface area (Å²) < 4.78 is 7.89. The Balaban J connectivity index is 1.47. The molecule has 0 aliphatic carbocycles. The van der Waals surface area contributed by atoms with Crippen molar-refractivity contribution >= 4 is 34.2 Å². The Hall–Kier alpha value is -2.57. The van der Waals surface area contributed by atoms with Crippen molar-refractivity contribution in [2.75, 3.05) is 25.0 Å². The van der Waals surface area contributed by atoms with Gasteiger partial charge in [0.15, 0.2) is 6.61 Å². The number of carbonyl (C=O) groups is 1. The van der Waals surface area contributed by atoms with Gasteiger partial charge in [0.1, 0.15) is 11.6 Å². The molecule has 7 heteroatoms. The number of likely N-dealkylation sites (tertiary alicyclic amines) is 1. The number of amides is 1. The minimum Gasteiger partial charge on any atom is -0.482 e. The Labute approximate surface area is 194 Å². The standard InChI is InChI=1S/C25H31ClN4O2/c1-2-3-15-30-22-12-11-19(27-25(31)18-32-23-10-6-5-9-20(23)26)16-21(22)28-24(30)17-29-13-7-4-8-14-29/h5-6,9-12,16H,2-4,7-8,13-15,17-18H2,1H3,(H,27,31). The summed E-state index contributed by atoms with van der Waals surface area (Å²) in [5.74, 6) is 1.38. The van der Waals surface area contributed by atoms with E-state index in [4.69, 9.17) is 21.3 Å². The lowest BCUT2D eigenvalue weighted by molar-refractivity contribution is -0.118. The number of carbonyl (C=O) groups excluding carboxylic acids is 1. The van der Waals surface area contributed by atoms with Crippen LogP contribution in [0.5, 0.6) is 5.75 Å². The van der Waals surface area contributed by atoms with Crippen LogP contribution >= 0.6 is 11.6 Å². The van der Waals surface area contributed by atoms with Gasteiger partial charge in [-0.3, -0.25) is 9.69 Å². The molecule has 2 aromatic carbocycles. The molecule has 2 heterocycles. The van der Waals surface area contributed by atoms with E-state index < -0.39 is 0 Å². The first-order valence-corrected chi connectivity index (χ1v) is 11.9. The first-order chi connectivity index (χ1) is 15.6. The molecule has 170 valence electrons. The maximum absolute atomic E-state index is 12.4. The molecule has 4 rings (SSSR count). The molecule has 1 fully saturated rings. The fourth-order valence-electron chi connectivity index (χ4n) is 4.16. The van der Waals surface area contributed by atoms with E-state index in [9.17, 15) is 4.79 Å². The molecule has 6 nitrogen and oxygen atoms in total.